The fraction of sp³-hybridized carbons (Fsp3) is 0. The quantitative estimate of drug-likeness (QED) is 0.466. The normalized spacial score (nSPS) is 13.2. The molecule has 48 valence electrons. The molecule has 0 saturated carbocycles. The number of rotatable bonds is 0. The van der Waals surface area contributed by atoms with Crippen LogP contribution < -0.4 is 10.9 Å². The number of allylic oxidation sites excluding steroid dienone is 1. The van der Waals surface area contributed by atoms with Gasteiger partial charge in [-0.25, -0.2) is 0 Å². The van der Waals surface area contributed by atoms with Crippen LogP contribution in [0, 0.1) is 0 Å². The van der Waals surface area contributed by atoms with Gasteiger partial charge in [0.15, 0.2) is 11.8 Å². The molecule has 2 heterocycles. The van der Waals surface area contributed by atoms with Crippen molar-refractivity contribution in [1.82, 2.24) is 4.98 Å². The van der Waals surface area contributed by atoms with Crippen LogP contribution in [-0.4, -0.2) is 10.9 Å². The van der Waals surface area contributed by atoms with Crippen molar-refractivity contribution in [3.8, 4) is 0 Å². The summed E-state index contributed by atoms with van der Waals surface area (Å²) in [7, 11) is 0. The van der Waals surface area contributed by atoms with Gasteiger partial charge in [-0.05, 0) is 6.08 Å². The van der Waals surface area contributed by atoms with Crippen LogP contribution in [0.3, 0.4) is 0 Å². The molecule has 0 saturated heterocycles. The molecule has 1 aromatic rings. The smallest absolute Gasteiger partial charge is 0.221 e. The molecular formula is C6H3N3O. The highest BCUT2D eigenvalue weighted by molar-refractivity contribution is 5.62. The molecule has 1 aromatic heterocycles. The van der Waals surface area contributed by atoms with Crippen LogP contribution in [-0.2, 0) is 0 Å². The maximum Gasteiger partial charge on any atom is 0.221 e. The van der Waals surface area contributed by atoms with Gasteiger partial charge in [-0.1, -0.05) is 0 Å². The van der Waals surface area contributed by atoms with Gasteiger partial charge in [0.2, 0.25) is 5.49 Å². The third-order valence-electron chi connectivity index (χ3n) is 1.09. The Balaban J connectivity index is 2.94. The van der Waals surface area contributed by atoms with Crippen molar-refractivity contribution in [2.45, 2.75) is 0 Å². The average Bonchev–Trinajstić information content (AvgIpc) is 2.28. The van der Waals surface area contributed by atoms with E-state index in [0.717, 1.165) is 0 Å². The molecular weight excluding hydrogens is 130 g/mol. The van der Waals surface area contributed by atoms with Crippen LogP contribution in [0.2, 0.25) is 0 Å². The van der Waals surface area contributed by atoms with Gasteiger partial charge in [-0.3, -0.25) is 0 Å². The third kappa shape index (κ3) is 0.674. The van der Waals surface area contributed by atoms with Crippen molar-refractivity contribution < 1.29 is 4.42 Å². The van der Waals surface area contributed by atoms with Crippen LogP contribution in [0.15, 0.2) is 27.1 Å². The van der Waals surface area contributed by atoms with Gasteiger partial charge in [0.05, 0.1) is 0 Å². The molecule has 0 N–H and O–H groups in total. The van der Waals surface area contributed by atoms with E-state index in [4.69, 9.17) is 4.42 Å². The first kappa shape index (κ1) is 5.14. The van der Waals surface area contributed by atoms with Gasteiger partial charge < -0.3 is 4.42 Å². The molecule has 4 nitrogen and oxygen atoms in total. The van der Waals surface area contributed by atoms with E-state index in [0.29, 0.717) is 10.9 Å². The summed E-state index contributed by atoms with van der Waals surface area (Å²) in [5.41, 5.74) is 1.12. The second-order valence-electron chi connectivity index (χ2n) is 1.70. The Labute approximate surface area is 55.9 Å². The zero-order chi connectivity index (χ0) is 6.81. The summed E-state index contributed by atoms with van der Waals surface area (Å²) in [5.74, 6) is 2.56. The summed E-state index contributed by atoms with van der Waals surface area (Å²) in [6.45, 7) is 0. The van der Waals surface area contributed by atoms with E-state index in [-0.39, 0.29) is 0 Å². The monoisotopic (exact) mass is 133 g/mol. The predicted molar refractivity (Wildman–Crippen MR) is 33.8 cm³/mol. The minimum absolute atomic E-state index is 0.501. The fourth-order valence-corrected chi connectivity index (χ4v) is 0.661. The lowest BCUT2D eigenvalue weighted by atomic mass is 10.5. The Morgan fingerprint density at radius 1 is 1.50 bits per heavy atom. The number of nitrogens with zero attached hydrogens (tertiary/aromatic N) is 3. The van der Waals surface area contributed by atoms with E-state index in [2.05, 4.69) is 21.1 Å². The van der Waals surface area contributed by atoms with Crippen molar-refractivity contribution in [3.05, 3.63) is 23.4 Å². The van der Waals surface area contributed by atoms with Gasteiger partial charge in [0.25, 0.3) is 0 Å². The van der Waals surface area contributed by atoms with Crippen molar-refractivity contribution in [3.63, 3.8) is 0 Å². The van der Waals surface area contributed by atoms with Crippen molar-refractivity contribution in [2.75, 3.05) is 0 Å². The van der Waals surface area contributed by atoms with E-state index >= 15 is 0 Å². The molecule has 0 radical (unpaired) electrons. The zero-order valence-corrected chi connectivity index (χ0v) is 4.98. The van der Waals surface area contributed by atoms with E-state index < -0.39 is 0 Å². The Bertz CT molecular complexity index is 374. The lowest BCUT2D eigenvalue weighted by Crippen LogP contribution is -2.20. The van der Waals surface area contributed by atoms with E-state index in [9.17, 15) is 0 Å². The van der Waals surface area contributed by atoms with Crippen LogP contribution in [0.1, 0.15) is 0 Å². The van der Waals surface area contributed by atoms with Gasteiger partial charge in [0.1, 0.15) is 0 Å². The number of fused-ring (bicyclic) bond motifs is 1. The predicted octanol–water partition coefficient (Wildman–Crippen LogP) is -0.771. The number of hydrogen-bond acceptors (Lipinski definition) is 4. The standard InChI is InChI=1S/C6H3N3O/c1-2-5-6(7-4-10-5)9-8-3-1/h1-2,4H. The highest BCUT2D eigenvalue weighted by atomic mass is 16.3. The summed E-state index contributed by atoms with van der Waals surface area (Å²) in [6.07, 6.45) is 4.67. The molecule has 0 bridgehead atoms. The van der Waals surface area contributed by atoms with Gasteiger partial charge in [0, 0.05) is 11.9 Å². The Morgan fingerprint density at radius 2 is 2.50 bits per heavy atom. The van der Waals surface area contributed by atoms with Gasteiger partial charge >= 0.3 is 0 Å². The molecule has 10 heavy (non-hydrogen) atoms. The van der Waals surface area contributed by atoms with Crippen LogP contribution >= 0.6 is 0 Å². The van der Waals surface area contributed by atoms with Crippen molar-refractivity contribution in [2.24, 2.45) is 10.2 Å². The first-order chi connectivity index (χ1) is 4.97. The Hall–Kier alpha value is -1.67. The summed E-state index contributed by atoms with van der Waals surface area (Å²) in [5, 5.41) is 7.24. The average molecular weight is 133 g/mol. The maximum absolute atomic E-state index is 4.94. The van der Waals surface area contributed by atoms with Gasteiger partial charge in [-0.15, -0.1) is 10.2 Å². The molecule has 2 rings (SSSR count). The summed E-state index contributed by atoms with van der Waals surface area (Å²) in [6, 6.07) is 0. The SMILES string of the molecule is C1=CC=c2ocnc2=NN=1. The van der Waals surface area contributed by atoms with Crippen molar-refractivity contribution >= 4 is 11.9 Å². The van der Waals surface area contributed by atoms with Crippen LogP contribution in [0.25, 0.3) is 6.08 Å². The molecule has 1 aliphatic rings. The molecule has 0 atom stereocenters. The lowest BCUT2D eigenvalue weighted by molar-refractivity contribution is 0.524. The molecule has 1 aliphatic heterocycles. The molecule has 0 amide bonds. The van der Waals surface area contributed by atoms with Gasteiger partial charge in [-0.2, -0.15) is 4.98 Å². The zero-order valence-electron chi connectivity index (χ0n) is 4.98. The minimum Gasteiger partial charge on any atom is -0.442 e. The topological polar surface area (TPSA) is 50.8 Å². The second-order valence-corrected chi connectivity index (χ2v) is 1.70. The highest BCUT2D eigenvalue weighted by Gasteiger charge is 1.89. The van der Waals surface area contributed by atoms with Crippen LogP contribution in [0.4, 0.5) is 0 Å². The first-order valence-corrected chi connectivity index (χ1v) is 2.73. The number of aromatic nitrogens is 1. The molecule has 0 aromatic carbocycles. The second kappa shape index (κ2) is 1.93. The fourth-order valence-electron chi connectivity index (χ4n) is 0.661. The van der Waals surface area contributed by atoms with E-state index in [1.807, 2.05) is 0 Å². The first-order valence-electron chi connectivity index (χ1n) is 2.73. The maximum atomic E-state index is 4.94. The Morgan fingerprint density at radius 3 is 3.50 bits per heavy atom. The van der Waals surface area contributed by atoms with E-state index in [1.54, 1.807) is 12.2 Å². The van der Waals surface area contributed by atoms with Crippen LogP contribution in [0.5, 0.6) is 0 Å². The Kier molecular flexibility index (Phi) is 0.993. The molecule has 4 heteroatoms. The highest BCUT2D eigenvalue weighted by Crippen LogP contribution is 1.72. The number of oxazole rings is 1. The van der Waals surface area contributed by atoms with Crippen molar-refractivity contribution in [1.29, 1.82) is 0 Å². The molecule has 0 aliphatic carbocycles. The minimum atomic E-state index is 0.501. The summed E-state index contributed by atoms with van der Waals surface area (Å²) in [4.78, 5) is 3.80. The molecule has 0 spiro atoms. The number of hydrogen-bond donors (Lipinski definition) is 0. The summed E-state index contributed by atoms with van der Waals surface area (Å²) >= 11 is 0. The third-order valence-corrected chi connectivity index (χ3v) is 1.09. The lowest BCUT2D eigenvalue weighted by Gasteiger charge is -1.65. The largest absolute Gasteiger partial charge is 0.442 e. The molecule has 0 fully saturated rings. The van der Waals surface area contributed by atoms with E-state index in [1.165, 1.54) is 6.39 Å². The summed E-state index contributed by atoms with van der Waals surface area (Å²) < 4.78 is 4.94. The molecule has 0 unspecified atom stereocenters.